The SMILES string of the molecule is O=C1CC[C@]23CCCC[C@H]2C[C@H]1O3. The summed E-state index contributed by atoms with van der Waals surface area (Å²) in [6.07, 6.45) is 7.95. The van der Waals surface area contributed by atoms with Crippen molar-refractivity contribution in [3.8, 4) is 0 Å². The summed E-state index contributed by atoms with van der Waals surface area (Å²) in [6.45, 7) is 0. The molecule has 2 saturated heterocycles. The van der Waals surface area contributed by atoms with E-state index in [1.807, 2.05) is 0 Å². The summed E-state index contributed by atoms with van der Waals surface area (Å²) >= 11 is 0. The molecule has 3 fully saturated rings. The fourth-order valence-corrected chi connectivity index (χ4v) is 3.44. The summed E-state index contributed by atoms with van der Waals surface area (Å²) in [5, 5.41) is 0. The predicted molar refractivity (Wildman–Crippen MR) is 48.4 cm³/mol. The van der Waals surface area contributed by atoms with Gasteiger partial charge in [-0.15, -0.1) is 0 Å². The molecule has 0 N–H and O–H groups in total. The molecule has 3 aliphatic rings. The van der Waals surface area contributed by atoms with Crippen molar-refractivity contribution in [3.05, 3.63) is 0 Å². The Kier molecular flexibility index (Phi) is 1.58. The van der Waals surface area contributed by atoms with Gasteiger partial charge < -0.3 is 4.74 Å². The highest BCUT2D eigenvalue weighted by Gasteiger charge is 2.53. The lowest BCUT2D eigenvalue weighted by Gasteiger charge is -2.40. The Bertz CT molecular complexity index is 248. The van der Waals surface area contributed by atoms with Crippen LogP contribution in [0.1, 0.15) is 44.9 Å². The van der Waals surface area contributed by atoms with E-state index in [4.69, 9.17) is 4.74 Å². The maximum atomic E-state index is 11.5. The molecule has 0 aromatic heterocycles. The van der Waals surface area contributed by atoms with E-state index >= 15 is 0 Å². The number of hydrogen-bond donors (Lipinski definition) is 0. The fourth-order valence-electron chi connectivity index (χ4n) is 3.44. The molecule has 2 aliphatic heterocycles. The van der Waals surface area contributed by atoms with Gasteiger partial charge >= 0.3 is 0 Å². The third-order valence-electron chi connectivity index (χ3n) is 4.18. The molecule has 2 heterocycles. The molecule has 1 saturated carbocycles. The summed E-state index contributed by atoms with van der Waals surface area (Å²) in [5.41, 5.74) is 0.150. The monoisotopic (exact) mass is 180 g/mol. The van der Waals surface area contributed by atoms with E-state index in [1.165, 1.54) is 25.7 Å². The molecule has 13 heavy (non-hydrogen) atoms. The van der Waals surface area contributed by atoms with E-state index in [0.29, 0.717) is 11.7 Å². The van der Waals surface area contributed by atoms with Crippen LogP contribution in [0.25, 0.3) is 0 Å². The van der Waals surface area contributed by atoms with Crippen LogP contribution in [-0.4, -0.2) is 17.5 Å². The van der Waals surface area contributed by atoms with E-state index in [1.54, 1.807) is 0 Å². The first-order chi connectivity index (χ1) is 6.30. The van der Waals surface area contributed by atoms with E-state index in [-0.39, 0.29) is 11.7 Å². The molecule has 0 aromatic rings. The van der Waals surface area contributed by atoms with Crippen molar-refractivity contribution >= 4 is 5.78 Å². The summed E-state index contributed by atoms with van der Waals surface area (Å²) in [4.78, 5) is 11.5. The highest BCUT2D eigenvalue weighted by atomic mass is 16.5. The van der Waals surface area contributed by atoms with Crippen LogP contribution in [0, 0.1) is 5.92 Å². The van der Waals surface area contributed by atoms with Crippen LogP contribution in [0.4, 0.5) is 0 Å². The van der Waals surface area contributed by atoms with Gasteiger partial charge in [0.2, 0.25) is 0 Å². The van der Waals surface area contributed by atoms with Gasteiger partial charge in [0.1, 0.15) is 6.10 Å². The maximum Gasteiger partial charge on any atom is 0.161 e. The standard InChI is InChI=1S/C11H16O2/c12-9-4-6-11-5-2-1-3-8(11)7-10(9)13-11/h8,10H,1-7H2/t8-,10+,11+/m0/s1. The van der Waals surface area contributed by atoms with Crippen LogP contribution in [0.3, 0.4) is 0 Å². The van der Waals surface area contributed by atoms with Crippen molar-refractivity contribution in [2.24, 2.45) is 5.92 Å². The highest BCUT2D eigenvalue weighted by Crippen LogP contribution is 2.51. The van der Waals surface area contributed by atoms with Crippen LogP contribution in [0.5, 0.6) is 0 Å². The molecular formula is C11H16O2. The van der Waals surface area contributed by atoms with Gasteiger partial charge in [0.25, 0.3) is 0 Å². The second kappa shape index (κ2) is 2.57. The van der Waals surface area contributed by atoms with E-state index in [0.717, 1.165) is 19.3 Å². The molecule has 2 heteroatoms. The zero-order chi connectivity index (χ0) is 8.89. The minimum absolute atomic E-state index is 0.0168. The van der Waals surface area contributed by atoms with Gasteiger partial charge in [-0.25, -0.2) is 0 Å². The number of carbonyl (C=O) groups is 1. The van der Waals surface area contributed by atoms with Gasteiger partial charge in [0, 0.05) is 6.42 Å². The second-order valence-corrected chi connectivity index (χ2v) is 4.82. The minimum atomic E-state index is -0.0168. The lowest BCUT2D eigenvalue weighted by Crippen LogP contribution is -2.42. The lowest BCUT2D eigenvalue weighted by molar-refractivity contribution is -0.151. The van der Waals surface area contributed by atoms with Crippen molar-refractivity contribution in [1.29, 1.82) is 0 Å². The Morgan fingerprint density at radius 3 is 3.15 bits per heavy atom. The van der Waals surface area contributed by atoms with Gasteiger partial charge in [-0.2, -0.15) is 0 Å². The van der Waals surface area contributed by atoms with E-state index in [9.17, 15) is 4.79 Å². The quantitative estimate of drug-likeness (QED) is 0.570. The first-order valence-electron chi connectivity index (χ1n) is 5.51. The van der Waals surface area contributed by atoms with Crippen LogP contribution in [0.2, 0.25) is 0 Å². The Labute approximate surface area is 78.6 Å². The average Bonchev–Trinajstić information content (AvgIpc) is 2.47. The smallest absolute Gasteiger partial charge is 0.161 e. The van der Waals surface area contributed by atoms with Gasteiger partial charge in [0.05, 0.1) is 5.60 Å². The number of ketones is 1. The molecule has 2 bridgehead atoms. The topological polar surface area (TPSA) is 26.3 Å². The largest absolute Gasteiger partial charge is 0.364 e. The normalized spacial score (nSPS) is 49.1. The Morgan fingerprint density at radius 1 is 1.31 bits per heavy atom. The second-order valence-electron chi connectivity index (χ2n) is 4.82. The molecule has 1 spiro atoms. The fraction of sp³-hybridized carbons (Fsp3) is 0.909. The van der Waals surface area contributed by atoms with Gasteiger partial charge in [-0.05, 0) is 31.6 Å². The number of carbonyl (C=O) groups excluding carboxylic acids is 1. The summed E-state index contributed by atoms with van der Waals surface area (Å²) < 4.78 is 5.95. The Morgan fingerprint density at radius 2 is 2.23 bits per heavy atom. The van der Waals surface area contributed by atoms with Crippen LogP contribution < -0.4 is 0 Å². The third kappa shape index (κ3) is 1.01. The van der Waals surface area contributed by atoms with Crippen molar-refractivity contribution in [1.82, 2.24) is 0 Å². The molecule has 2 nitrogen and oxygen atoms in total. The molecule has 3 rings (SSSR count). The van der Waals surface area contributed by atoms with E-state index in [2.05, 4.69) is 0 Å². The summed E-state index contributed by atoms with van der Waals surface area (Å²) in [6, 6.07) is 0. The number of fused-ring (bicyclic) bond motifs is 1. The highest BCUT2D eigenvalue weighted by molar-refractivity contribution is 5.84. The molecule has 0 radical (unpaired) electrons. The zero-order valence-corrected chi connectivity index (χ0v) is 7.92. The molecular weight excluding hydrogens is 164 g/mol. The first kappa shape index (κ1) is 7.98. The first-order valence-corrected chi connectivity index (χ1v) is 5.51. The number of rotatable bonds is 0. The van der Waals surface area contributed by atoms with Gasteiger partial charge in [-0.3, -0.25) is 4.79 Å². The van der Waals surface area contributed by atoms with Crippen molar-refractivity contribution < 1.29 is 9.53 Å². The zero-order valence-electron chi connectivity index (χ0n) is 7.92. The number of hydrogen-bond acceptors (Lipinski definition) is 2. The predicted octanol–water partition coefficient (Wildman–Crippen LogP) is 2.07. The summed E-state index contributed by atoms with van der Waals surface area (Å²) in [5.74, 6) is 1.07. The summed E-state index contributed by atoms with van der Waals surface area (Å²) in [7, 11) is 0. The molecule has 0 aromatic carbocycles. The van der Waals surface area contributed by atoms with Gasteiger partial charge in [0.15, 0.2) is 5.78 Å². The molecule has 1 aliphatic carbocycles. The molecule has 0 amide bonds. The maximum absolute atomic E-state index is 11.5. The molecule has 3 atom stereocenters. The Balaban J connectivity index is 1.91. The number of ether oxygens (including phenoxy) is 1. The lowest BCUT2D eigenvalue weighted by atomic mass is 9.74. The van der Waals surface area contributed by atoms with Crippen molar-refractivity contribution in [2.75, 3.05) is 0 Å². The number of Topliss-reactive ketones (excluding diaryl/α,β-unsaturated/α-hetero) is 1. The van der Waals surface area contributed by atoms with Gasteiger partial charge in [-0.1, -0.05) is 12.8 Å². The van der Waals surface area contributed by atoms with Crippen LogP contribution in [0.15, 0.2) is 0 Å². The van der Waals surface area contributed by atoms with Crippen LogP contribution in [-0.2, 0) is 9.53 Å². The van der Waals surface area contributed by atoms with Crippen LogP contribution >= 0.6 is 0 Å². The molecule has 0 unspecified atom stereocenters. The minimum Gasteiger partial charge on any atom is -0.364 e. The average molecular weight is 180 g/mol. The van der Waals surface area contributed by atoms with Crippen molar-refractivity contribution in [2.45, 2.75) is 56.7 Å². The van der Waals surface area contributed by atoms with Crippen molar-refractivity contribution in [3.63, 3.8) is 0 Å². The Hall–Kier alpha value is -0.370. The molecule has 72 valence electrons. The third-order valence-corrected chi connectivity index (χ3v) is 4.18. The van der Waals surface area contributed by atoms with E-state index < -0.39 is 0 Å².